The average Bonchev–Trinajstić information content (AvgIpc) is 1.87. The summed E-state index contributed by atoms with van der Waals surface area (Å²) in [6, 6.07) is 0. The van der Waals surface area contributed by atoms with Crippen LogP contribution in [0.15, 0.2) is 24.3 Å². The fourth-order valence-electron chi connectivity index (χ4n) is 0.535. The van der Waals surface area contributed by atoms with Gasteiger partial charge < -0.3 is 0 Å². The molecule has 56 valence electrons. The molecule has 0 heterocycles. The Balaban J connectivity index is 3.27. The van der Waals surface area contributed by atoms with Crippen LogP contribution in [0.5, 0.6) is 0 Å². The molecular formula is C8H11ClO. The highest BCUT2D eigenvalue weighted by Gasteiger charge is 1.82. The van der Waals surface area contributed by atoms with Crippen LogP contribution in [-0.2, 0) is 4.79 Å². The average molecular weight is 159 g/mol. The summed E-state index contributed by atoms with van der Waals surface area (Å²) in [5, 5.41) is -0.402. The predicted molar refractivity (Wildman–Crippen MR) is 44.0 cm³/mol. The maximum Gasteiger partial charge on any atom is 0.244 e. The first-order valence-electron chi connectivity index (χ1n) is 3.24. The molecule has 0 N–H and O–H groups in total. The molecule has 0 atom stereocenters. The van der Waals surface area contributed by atoms with Gasteiger partial charge in [0.2, 0.25) is 5.24 Å². The molecule has 0 amide bonds. The van der Waals surface area contributed by atoms with E-state index in [1.165, 1.54) is 6.08 Å². The second kappa shape index (κ2) is 6.56. The van der Waals surface area contributed by atoms with E-state index >= 15 is 0 Å². The van der Waals surface area contributed by atoms with Crippen LogP contribution < -0.4 is 0 Å². The van der Waals surface area contributed by atoms with Gasteiger partial charge in [0.05, 0.1) is 0 Å². The van der Waals surface area contributed by atoms with Crippen LogP contribution in [0.2, 0.25) is 0 Å². The first-order chi connectivity index (χ1) is 4.77. The van der Waals surface area contributed by atoms with E-state index in [0.29, 0.717) is 0 Å². The number of rotatable bonds is 4. The summed E-state index contributed by atoms with van der Waals surface area (Å²) in [7, 11) is 0. The van der Waals surface area contributed by atoms with E-state index in [2.05, 4.69) is 0 Å². The van der Waals surface area contributed by atoms with Crippen molar-refractivity contribution >= 4 is 16.8 Å². The van der Waals surface area contributed by atoms with Crippen molar-refractivity contribution in [2.45, 2.75) is 19.8 Å². The summed E-state index contributed by atoms with van der Waals surface area (Å²) in [5.41, 5.74) is 0. The standard InChI is InChI=1S/C8H11ClO/c1-2-3-4-5-6-7-8(9)10/h2-3,6-7H,4-5H2,1H3. The number of hydrogen-bond donors (Lipinski definition) is 0. The Labute approximate surface area is 66.4 Å². The van der Waals surface area contributed by atoms with Crippen LogP contribution in [0.4, 0.5) is 0 Å². The molecule has 0 aliphatic carbocycles. The maximum atomic E-state index is 10.1. The highest BCUT2D eigenvalue weighted by atomic mass is 35.5. The van der Waals surface area contributed by atoms with Gasteiger partial charge >= 0.3 is 0 Å². The molecule has 2 heteroatoms. The van der Waals surface area contributed by atoms with Gasteiger partial charge in [0.1, 0.15) is 0 Å². The Hall–Kier alpha value is -0.560. The number of hydrogen-bond acceptors (Lipinski definition) is 1. The number of carbonyl (C=O) groups excluding carboxylic acids is 1. The van der Waals surface area contributed by atoms with E-state index < -0.39 is 5.24 Å². The molecule has 0 saturated heterocycles. The van der Waals surface area contributed by atoms with Gasteiger partial charge in [-0.15, -0.1) is 0 Å². The quantitative estimate of drug-likeness (QED) is 0.266. The molecule has 0 aromatic heterocycles. The summed E-state index contributed by atoms with van der Waals surface area (Å²) < 4.78 is 0. The van der Waals surface area contributed by atoms with E-state index in [9.17, 15) is 4.79 Å². The lowest BCUT2D eigenvalue weighted by Crippen LogP contribution is -1.74. The molecule has 0 aromatic rings. The first kappa shape index (κ1) is 9.44. The Morgan fingerprint density at radius 3 is 2.50 bits per heavy atom. The summed E-state index contributed by atoms with van der Waals surface area (Å²) in [6.07, 6.45) is 9.03. The number of allylic oxidation sites excluding steroid dienone is 4. The zero-order valence-corrected chi connectivity index (χ0v) is 6.77. The van der Waals surface area contributed by atoms with Crippen LogP contribution in [0.3, 0.4) is 0 Å². The number of halogens is 1. The number of carbonyl (C=O) groups is 1. The Morgan fingerprint density at radius 1 is 1.40 bits per heavy atom. The van der Waals surface area contributed by atoms with Gasteiger partial charge in [-0.3, -0.25) is 4.79 Å². The Bertz CT molecular complexity index is 147. The van der Waals surface area contributed by atoms with E-state index in [1.54, 1.807) is 6.08 Å². The molecule has 0 aromatic carbocycles. The summed E-state index contributed by atoms with van der Waals surface area (Å²) in [5.74, 6) is 0. The fourth-order valence-corrected chi connectivity index (χ4v) is 0.624. The minimum Gasteiger partial charge on any atom is -0.276 e. The largest absolute Gasteiger partial charge is 0.276 e. The van der Waals surface area contributed by atoms with Crippen LogP contribution in [0.1, 0.15) is 19.8 Å². The summed E-state index contributed by atoms with van der Waals surface area (Å²) in [4.78, 5) is 10.1. The van der Waals surface area contributed by atoms with Gasteiger partial charge in [-0.25, -0.2) is 0 Å². The van der Waals surface area contributed by atoms with Gasteiger partial charge in [-0.2, -0.15) is 0 Å². The van der Waals surface area contributed by atoms with Gasteiger partial charge in [-0.05, 0) is 37.4 Å². The molecule has 1 nitrogen and oxygen atoms in total. The third kappa shape index (κ3) is 7.44. The van der Waals surface area contributed by atoms with Crippen molar-refractivity contribution in [3.63, 3.8) is 0 Å². The topological polar surface area (TPSA) is 17.1 Å². The van der Waals surface area contributed by atoms with E-state index in [0.717, 1.165) is 12.8 Å². The highest BCUT2D eigenvalue weighted by molar-refractivity contribution is 6.66. The summed E-state index contributed by atoms with van der Waals surface area (Å²) >= 11 is 5.05. The monoisotopic (exact) mass is 158 g/mol. The van der Waals surface area contributed by atoms with Gasteiger partial charge in [0, 0.05) is 0 Å². The molecule has 10 heavy (non-hydrogen) atoms. The molecular weight excluding hydrogens is 148 g/mol. The Kier molecular flexibility index (Phi) is 6.19. The van der Waals surface area contributed by atoms with Crippen molar-refractivity contribution in [1.82, 2.24) is 0 Å². The second-order valence-corrected chi connectivity index (χ2v) is 2.23. The van der Waals surface area contributed by atoms with Crippen LogP contribution in [0.25, 0.3) is 0 Å². The maximum absolute atomic E-state index is 10.1. The molecule has 0 spiro atoms. The van der Waals surface area contributed by atoms with E-state index in [1.807, 2.05) is 19.1 Å². The van der Waals surface area contributed by atoms with Crippen molar-refractivity contribution in [2.24, 2.45) is 0 Å². The van der Waals surface area contributed by atoms with Gasteiger partial charge in [-0.1, -0.05) is 18.2 Å². The van der Waals surface area contributed by atoms with E-state index in [4.69, 9.17) is 11.6 Å². The highest BCUT2D eigenvalue weighted by Crippen LogP contribution is 1.93. The van der Waals surface area contributed by atoms with Crippen molar-refractivity contribution in [3.05, 3.63) is 24.3 Å². The first-order valence-corrected chi connectivity index (χ1v) is 3.62. The zero-order chi connectivity index (χ0) is 7.82. The third-order valence-corrected chi connectivity index (χ3v) is 1.11. The normalized spacial score (nSPS) is 11.4. The molecule has 0 rings (SSSR count). The smallest absolute Gasteiger partial charge is 0.244 e. The van der Waals surface area contributed by atoms with Gasteiger partial charge in [0.25, 0.3) is 0 Å². The van der Waals surface area contributed by atoms with Crippen molar-refractivity contribution in [2.75, 3.05) is 0 Å². The lowest BCUT2D eigenvalue weighted by molar-refractivity contribution is -0.107. The van der Waals surface area contributed by atoms with Crippen LogP contribution in [-0.4, -0.2) is 5.24 Å². The van der Waals surface area contributed by atoms with Gasteiger partial charge in [0.15, 0.2) is 0 Å². The molecule has 0 unspecified atom stereocenters. The fraction of sp³-hybridized carbons (Fsp3) is 0.375. The molecule has 0 aliphatic heterocycles. The van der Waals surface area contributed by atoms with Crippen LogP contribution >= 0.6 is 11.6 Å². The SMILES string of the molecule is CC=CCCC=CC(=O)Cl. The lowest BCUT2D eigenvalue weighted by Gasteiger charge is -1.82. The minimum absolute atomic E-state index is 0.402. The molecule has 0 saturated carbocycles. The second-order valence-electron chi connectivity index (χ2n) is 1.85. The Morgan fingerprint density at radius 2 is 2.00 bits per heavy atom. The predicted octanol–water partition coefficient (Wildman–Crippen LogP) is 2.66. The van der Waals surface area contributed by atoms with Crippen molar-refractivity contribution in [3.8, 4) is 0 Å². The molecule has 0 aliphatic rings. The minimum atomic E-state index is -0.402. The lowest BCUT2D eigenvalue weighted by atomic mass is 10.3. The van der Waals surface area contributed by atoms with Crippen LogP contribution in [0, 0.1) is 0 Å². The molecule has 0 bridgehead atoms. The summed E-state index contributed by atoms with van der Waals surface area (Å²) in [6.45, 7) is 1.97. The third-order valence-electron chi connectivity index (χ3n) is 0.985. The van der Waals surface area contributed by atoms with Crippen molar-refractivity contribution < 1.29 is 4.79 Å². The van der Waals surface area contributed by atoms with E-state index in [-0.39, 0.29) is 0 Å². The van der Waals surface area contributed by atoms with Crippen molar-refractivity contribution in [1.29, 1.82) is 0 Å². The number of unbranched alkanes of at least 4 members (excludes halogenated alkanes) is 1. The molecule has 0 radical (unpaired) electrons. The zero-order valence-electron chi connectivity index (χ0n) is 6.01. The molecule has 0 fully saturated rings.